The molecule has 4 aromatic carbocycles. The molecular formula is C33H29N5O7. The van der Waals surface area contributed by atoms with Crippen molar-refractivity contribution >= 4 is 28.5 Å². The normalized spacial score (nSPS) is 11.3. The van der Waals surface area contributed by atoms with Crippen LogP contribution in [0.15, 0.2) is 88.8 Å². The zero-order chi connectivity index (χ0) is 32.2. The number of nitro benzene ring substituents is 2. The van der Waals surface area contributed by atoms with E-state index in [2.05, 4.69) is 5.10 Å². The molecule has 0 unspecified atom stereocenters. The Balaban J connectivity index is 1.65. The highest BCUT2D eigenvalue weighted by atomic mass is 16.6. The third-order valence-electron chi connectivity index (χ3n) is 7.23. The molecule has 0 fully saturated rings. The zero-order valence-electron chi connectivity index (χ0n) is 25.0. The molecule has 0 aliphatic heterocycles. The van der Waals surface area contributed by atoms with Gasteiger partial charge in [0.1, 0.15) is 12.4 Å². The predicted molar refractivity (Wildman–Crippen MR) is 170 cm³/mol. The van der Waals surface area contributed by atoms with Gasteiger partial charge in [-0.3, -0.25) is 25.0 Å². The summed E-state index contributed by atoms with van der Waals surface area (Å²) in [5, 5.41) is 28.0. The molecule has 1 aromatic heterocycles. The van der Waals surface area contributed by atoms with Crippen LogP contribution in [-0.2, 0) is 6.61 Å². The summed E-state index contributed by atoms with van der Waals surface area (Å²) >= 11 is 0. The lowest BCUT2D eigenvalue weighted by molar-refractivity contribution is -0.386. The quantitative estimate of drug-likeness (QED) is 0.0957. The Hall–Kier alpha value is -5.91. The fourth-order valence-electron chi connectivity index (χ4n) is 4.95. The molecule has 0 N–H and O–H groups in total. The third-order valence-corrected chi connectivity index (χ3v) is 7.23. The van der Waals surface area contributed by atoms with Gasteiger partial charge in [0.25, 0.3) is 11.2 Å². The van der Waals surface area contributed by atoms with Gasteiger partial charge in [0, 0.05) is 29.3 Å². The van der Waals surface area contributed by atoms with Crippen LogP contribution < -0.4 is 15.0 Å². The van der Waals surface area contributed by atoms with Crippen LogP contribution in [0.5, 0.6) is 11.5 Å². The van der Waals surface area contributed by atoms with Gasteiger partial charge in [-0.2, -0.15) is 9.78 Å². The largest absolute Gasteiger partial charge is 0.496 e. The number of benzene rings is 4. The second-order valence-electron chi connectivity index (χ2n) is 10.5. The fraction of sp³-hybridized carbons (Fsp3) is 0.182. The topological polar surface area (TPSA) is 152 Å². The maximum atomic E-state index is 13.8. The molecule has 0 aliphatic rings. The summed E-state index contributed by atoms with van der Waals surface area (Å²) in [7, 11) is 1.60. The first kappa shape index (κ1) is 30.5. The molecule has 45 heavy (non-hydrogen) atoms. The summed E-state index contributed by atoms with van der Waals surface area (Å²) in [5.74, 6) is 0.996. The molecule has 0 saturated heterocycles. The van der Waals surface area contributed by atoms with Crippen molar-refractivity contribution in [2.45, 2.75) is 33.3 Å². The van der Waals surface area contributed by atoms with Crippen molar-refractivity contribution in [3.05, 3.63) is 132 Å². The maximum absolute atomic E-state index is 13.8. The molecule has 0 atom stereocenters. The minimum absolute atomic E-state index is 0.108. The van der Waals surface area contributed by atoms with E-state index in [9.17, 15) is 25.0 Å². The molecule has 0 bridgehead atoms. The number of rotatable bonds is 10. The number of ether oxygens (including phenoxy) is 2. The molecule has 228 valence electrons. The Labute approximate surface area is 257 Å². The van der Waals surface area contributed by atoms with Crippen LogP contribution in [0.2, 0.25) is 0 Å². The predicted octanol–water partition coefficient (Wildman–Crippen LogP) is 6.78. The lowest BCUT2D eigenvalue weighted by Crippen LogP contribution is -2.21. The first-order valence-electron chi connectivity index (χ1n) is 14.0. The summed E-state index contributed by atoms with van der Waals surface area (Å²) in [6.45, 7) is 5.78. The molecule has 12 nitrogen and oxygen atoms in total. The second-order valence-corrected chi connectivity index (χ2v) is 10.5. The fourth-order valence-corrected chi connectivity index (χ4v) is 4.95. The van der Waals surface area contributed by atoms with Crippen LogP contribution in [0.3, 0.4) is 0 Å². The van der Waals surface area contributed by atoms with Gasteiger partial charge < -0.3 is 9.47 Å². The van der Waals surface area contributed by atoms with Gasteiger partial charge in [0.15, 0.2) is 5.82 Å². The van der Waals surface area contributed by atoms with Crippen molar-refractivity contribution in [3.8, 4) is 22.9 Å². The average molecular weight is 608 g/mol. The molecule has 1 heterocycles. The number of aryl methyl sites for hydroxylation is 1. The number of hydrogen-bond donors (Lipinski definition) is 0. The summed E-state index contributed by atoms with van der Waals surface area (Å²) in [5.41, 5.74) is 2.64. The Morgan fingerprint density at radius 2 is 1.73 bits per heavy atom. The zero-order valence-corrected chi connectivity index (χ0v) is 25.0. The maximum Gasteiger partial charge on any atom is 0.311 e. The highest BCUT2D eigenvalue weighted by molar-refractivity contribution is 5.86. The van der Waals surface area contributed by atoms with E-state index in [0.29, 0.717) is 27.8 Å². The lowest BCUT2D eigenvalue weighted by atomic mass is 9.96. The number of methoxy groups -OCH3 is 1. The van der Waals surface area contributed by atoms with Crippen molar-refractivity contribution < 1.29 is 19.3 Å². The van der Waals surface area contributed by atoms with Crippen molar-refractivity contribution in [2.75, 3.05) is 7.11 Å². The van der Waals surface area contributed by atoms with Gasteiger partial charge in [0.2, 0.25) is 5.75 Å². The monoisotopic (exact) mass is 607 g/mol. The van der Waals surface area contributed by atoms with Gasteiger partial charge in [-0.1, -0.05) is 44.2 Å². The van der Waals surface area contributed by atoms with E-state index in [-0.39, 0.29) is 41.0 Å². The van der Waals surface area contributed by atoms with Crippen LogP contribution >= 0.6 is 0 Å². The number of nitrogens with zero attached hydrogens (tertiary/aromatic N) is 5. The minimum atomic E-state index is -0.594. The smallest absolute Gasteiger partial charge is 0.311 e. The lowest BCUT2D eigenvalue weighted by Gasteiger charge is -2.17. The second kappa shape index (κ2) is 12.8. The van der Waals surface area contributed by atoms with Gasteiger partial charge in [-0.15, -0.1) is 0 Å². The first-order chi connectivity index (χ1) is 21.6. The van der Waals surface area contributed by atoms with Gasteiger partial charge in [-0.25, -0.2) is 4.98 Å². The van der Waals surface area contributed by atoms with Gasteiger partial charge in [-0.05, 0) is 59.9 Å². The molecule has 0 aliphatic carbocycles. The van der Waals surface area contributed by atoms with Crippen LogP contribution in [0.1, 0.15) is 42.0 Å². The highest BCUT2D eigenvalue weighted by Gasteiger charge is 2.21. The number of nitro groups is 2. The molecule has 5 aromatic rings. The standard InChI is InChI=1S/C33H29N5O7/c1-20(2)26-17-27(21(3)15-30(26)44-4)32-35-28-13-6-5-12-25(28)33(39)36(32)34-18-23-10-8-14-29(38(42)43)31(23)45-19-22-9-7-11-24(16-22)37(40)41/h5-18,20H,19H2,1-4H3. The third kappa shape index (κ3) is 6.25. The highest BCUT2D eigenvalue weighted by Crippen LogP contribution is 2.35. The Morgan fingerprint density at radius 1 is 0.978 bits per heavy atom. The number of fused-ring (bicyclic) bond motifs is 1. The molecule has 12 heteroatoms. The summed E-state index contributed by atoms with van der Waals surface area (Å²) in [6, 6.07) is 20.9. The SMILES string of the molecule is COc1cc(C)c(-c2nc3ccccc3c(=O)n2N=Cc2cccc([N+](=O)[O-])c2OCc2cccc([N+](=O)[O-])c2)cc1C(C)C. The molecule has 0 spiro atoms. The van der Waals surface area contributed by atoms with E-state index in [1.54, 1.807) is 43.5 Å². The molecular weight excluding hydrogens is 578 g/mol. The summed E-state index contributed by atoms with van der Waals surface area (Å²) in [4.78, 5) is 40.7. The average Bonchev–Trinajstić information content (AvgIpc) is 3.03. The van der Waals surface area contributed by atoms with Crippen molar-refractivity contribution in [1.82, 2.24) is 9.66 Å². The number of para-hydroxylation sites is 2. The molecule has 0 saturated carbocycles. The number of non-ortho nitro benzene ring substituents is 1. The van der Waals surface area contributed by atoms with Crippen molar-refractivity contribution in [3.63, 3.8) is 0 Å². The Morgan fingerprint density at radius 3 is 2.44 bits per heavy atom. The Kier molecular flexibility index (Phi) is 8.66. The van der Waals surface area contributed by atoms with Crippen molar-refractivity contribution in [1.29, 1.82) is 0 Å². The summed E-state index contributed by atoms with van der Waals surface area (Å²) < 4.78 is 12.6. The van der Waals surface area contributed by atoms with E-state index >= 15 is 0 Å². The van der Waals surface area contributed by atoms with E-state index in [4.69, 9.17) is 14.5 Å². The molecule has 0 radical (unpaired) electrons. The van der Waals surface area contributed by atoms with E-state index in [1.807, 2.05) is 32.9 Å². The van der Waals surface area contributed by atoms with E-state index in [1.165, 1.54) is 41.2 Å². The molecule has 0 amide bonds. The summed E-state index contributed by atoms with van der Waals surface area (Å²) in [6.07, 6.45) is 1.30. The van der Waals surface area contributed by atoms with Gasteiger partial charge in [0.05, 0.1) is 34.1 Å². The molecule has 5 rings (SSSR count). The van der Waals surface area contributed by atoms with Crippen LogP contribution in [0.4, 0.5) is 11.4 Å². The van der Waals surface area contributed by atoms with Crippen LogP contribution in [-0.4, -0.2) is 32.8 Å². The number of aromatic nitrogens is 2. The van der Waals surface area contributed by atoms with E-state index in [0.717, 1.165) is 11.1 Å². The van der Waals surface area contributed by atoms with Crippen molar-refractivity contribution in [2.24, 2.45) is 5.10 Å². The van der Waals surface area contributed by atoms with E-state index < -0.39 is 15.4 Å². The first-order valence-corrected chi connectivity index (χ1v) is 14.0. The van der Waals surface area contributed by atoms with Crippen LogP contribution in [0, 0.1) is 27.2 Å². The minimum Gasteiger partial charge on any atom is -0.496 e. The van der Waals surface area contributed by atoms with Gasteiger partial charge >= 0.3 is 5.69 Å². The Bertz CT molecular complexity index is 2040. The number of hydrogen-bond acceptors (Lipinski definition) is 9. The van der Waals surface area contributed by atoms with Crippen LogP contribution in [0.25, 0.3) is 22.3 Å².